The number of nitrogens with zero attached hydrogens (tertiary/aromatic N) is 1. The number of hydrogen-bond donors (Lipinski definition) is 4. The Balaban J connectivity index is -0.0000000879. The molecular formula is C16H32B2NO10S. The monoisotopic (exact) mass is 452 g/mol. The minimum atomic E-state index is -0.933. The SMILES string of the molecule is C=COCC.CCC(=O)O.COCC(=O)O.CSCC(=O)O.[B][B]N(C)CC(=O)O. The van der Waals surface area contributed by atoms with E-state index in [1.54, 1.807) is 20.2 Å². The third kappa shape index (κ3) is 83.3. The summed E-state index contributed by atoms with van der Waals surface area (Å²) < 4.78 is 8.80. The summed E-state index contributed by atoms with van der Waals surface area (Å²) in [6, 6.07) is 0. The van der Waals surface area contributed by atoms with Crippen molar-refractivity contribution in [3.63, 3.8) is 0 Å². The van der Waals surface area contributed by atoms with Crippen molar-refractivity contribution >= 4 is 50.7 Å². The molecule has 0 atom stereocenters. The summed E-state index contributed by atoms with van der Waals surface area (Å²) in [5.41, 5.74) is 0. The van der Waals surface area contributed by atoms with Gasteiger partial charge in [-0.05, 0) is 20.2 Å². The van der Waals surface area contributed by atoms with Gasteiger partial charge in [0.2, 0.25) is 0 Å². The zero-order valence-corrected chi connectivity index (χ0v) is 18.9. The van der Waals surface area contributed by atoms with Crippen molar-refractivity contribution in [2.45, 2.75) is 20.3 Å². The first-order valence-electron chi connectivity index (χ1n) is 8.22. The average Bonchev–Trinajstić information content (AvgIpc) is 2.63. The lowest BCUT2D eigenvalue weighted by Crippen LogP contribution is -2.29. The third-order valence-electron chi connectivity index (χ3n) is 1.76. The molecule has 30 heavy (non-hydrogen) atoms. The fourth-order valence-electron chi connectivity index (χ4n) is 0.631. The maximum atomic E-state index is 9.85. The number of thioether (sulfide) groups is 1. The molecule has 0 aromatic rings. The second-order valence-corrected chi connectivity index (χ2v) is 5.35. The predicted molar refractivity (Wildman–Crippen MR) is 117 cm³/mol. The van der Waals surface area contributed by atoms with Crippen molar-refractivity contribution in [3.05, 3.63) is 12.8 Å². The van der Waals surface area contributed by atoms with E-state index < -0.39 is 23.9 Å². The Morgan fingerprint density at radius 2 is 1.53 bits per heavy atom. The van der Waals surface area contributed by atoms with Gasteiger partial charge in [-0.25, -0.2) is 4.79 Å². The summed E-state index contributed by atoms with van der Waals surface area (Å²) in [5, 5.41) is 31.5. The van der Waals surface area contributed by atoms with Crippen LogP contribution < -0.4 is 0 Å². The molecule has 11 nitrogen and oxygen atoms in total. The zero-order chi connectivity index (χ0) is 25.0. The number of carboxylic acids is 4. The van der Waals surface area contributed by atoms with Crippen LogP contribution in [0.25, 0.3) is 0 Å². The van der Waals surface area contributed by atoms with Crippen LogP contribution in [0.4, 0.5) is 0 Å². The van der Waals surface area contributed by atoms with Crippen LogP contribution in [0.3, 0.4) is 0 Å². The highest BCUT2D eigenvalue weighted by atomic mass is 32.2. The third-order valence-corrected chi connectivity index (χ3v) is 2.30. The Kier molecular flexibility index (Phi) is 44.0. The molecule has 0 heterocycles. The van der Waals surface area contributed by atoms with Gasteiger partial charge < -0.3 is 34.7 Å². The molecule has 0 saturated heterocycles. The van der Waals surface area contributed by atoms with Gasteiger partial charge >= 0.3 is 23.9 Å². The number of carbonyl (C=O) groups is 4. The molecule has 4 N–H and O–H groups in total. The number of rotatable bonds is 10. The molecule has 173 valence electrons. The number of ether oxygens (including phenoxy) is 2. The van der Waals surface area contributed by atoms with Crippen LogP contribution in [-0.2, 0) is 28.7 Å². The second-order valence-electron chi connectivity index (χ2n) is 4.48. The van der Waals surface area contributed by atoms with Crippen molar-refractivity contribution in [1.29, 1.82) is 0 Å². The minimum Gasteiger partial charge on any atom is -0.502 e. The molecular weight excluding hydrogens is 420 g/mol. The predicted octanol–water partition coefficient (Wildman–Crippen LogP) is 0.504. The standard InChI is InChI=1S/C4H8O.C3H6B2NO2.C3H6O3.C3H6O2S.C3H6O2/c1-3-5-4-2;1-6(5-4)2-3(7)8;2*1-6-2-3(4)5;1-2-3(4)5/h3H,1,4H2,2H3;2H2,1H3,(H,7,8);2*2H2,1H3,(H,4,5);2H2,1H3,(H,4,5). The summed E-state index contributed by atoms with van der Waals surface area (Å²) in [6.07, 6.45) is 3.41. The highest BCUT2D eigenvalue weighted by molar-refractivity contribution is 7.99. The summed E-state index contributed by atoms with van der Waals surface area (Å²) in [7, 11) is 9.11. The molecule has 0 aromatic carbocycles. The maximum absolute atomic E-state index is 9.85. The molecule has 0 rings (SSSR count). The van der Waals surface area contributed by atoms with Crippen LogP contribution in [0, 0.1) is 0 Å². The molecule has 0 amide bonds. The van der Waals surface area contributed by atoms with Crippen LogP contribution in [-0.4, -0.2) is 110 Å². The lowest BCUT2D eigenvalue weighted by molar-refractivity contribution is -0.141. The highest BCUT2D eigenvalue weighted by Crippen LogP contribution is 1.87. The van der Waals surface area contributed by atoms with E-state index in [9.17, 15) is 19.2 Å². The lowest BCUT2D eigenvalue weighted by Gasteiger charge is -2.08. The van der Waals surface area contributed by atoms with E-state index in [1.165, 1.54) is 37.2 Å². The number of likely N-dealkylation sites (N-methyl/N-ethyl adjacent to an activating group) is 1. The molecule has 0 fully saturated rings. The fourth-order valence-corrected chi connectivity index (χ4v) is 0.878. The van der Waals surface area contributed by atoms with E-state index in [2.05, 4.69) is 16.1 Å². The Hall–Kier alpha value is -2.18. The van der Waals surface area contributed by atoms with Crippen LogP contribution in [0.1, 0.15) is 20.3 Å². The van der Waals surface area contributed by atoms with Crippen molar-refractivity contribution in [1.82, 2.24) is 4.81 Å². The normalized spacial score (nSPS) is 8.07. The van der Waals surface area contributed by atoms with Gasteiger partial charge in [0.05, 0.1) is 25.2 Å². The Labute approximate surface area is 184 Å². The van der Waals surface area contributed by atoms with Gasteiger partial charge in [0.25, 0.3) is 0 Å². The summed E-state index contributed by atoms with van der Waals surface area (Å²) in [6.45, 7) is 7.32. The molecule has 0 unspecified atom stereocenters. The van der Waals surface area contributed by atoms with Gasteiger partial charge in [-0.1, -0.05) is 13.5 Å². The first-order chi connectivity index (χ1) is 13.9. The summed E-state index contributed by atoms with van der Waals surface area (Å²) in [4.78, 5) is 39.6. The van der Waals surface area contributed by atoms with E-state index in [1.807, 2.05) is 6.92 Å². The number of hydrogen-bond acceptors (Lipinski definition) is 8. The van der Waals surface area contributed by atoms with Gasteiger partial charge in [0.1, 0.15) is 13.9 Å². The largest absolute Gasteiger partial charge is 0.502 e. The van der Waals surface area contributed by atoms with E-state index in [0.29, 0.717) is 0 Å². The number of carboxylic acid groups (broad SMARTS) is 4. The Morgan fingerprint density at radius 3 is 1.57 bits per heavy atom. The smallest absolute Gasteiger partial charge is 0.329 e. The molecule has 0 aliphatic rings. The molecule has 14 heteroatoms. The topological polar surface area (TPSA) is 171 Å². The molecule has 0 spiro atoms. The average molecular weight is 452 g/mol. The Morgan fingerprint density at radius 1 is 1.07 bits per heavy atom. The van der Waals surface area contributed by atoms with Gasteiger partial charge in [-0.2, -0.15) is 11.8 Å². The highest BCUT2D eigenvalue weighted by Gasteiger charge is 1.99. The quantitative estimate of drug-likeness (QED) is 0.268. The molecule has 0 aliphatic carbocycles. The Bertz CT molecular complexity index is 426. The lowest BCUT2D eigenvalue weighted by atomic mass is 9.65. The van der Waals surface area contributed by atoms with Crippen molar-refractivity contribution in [3.8, 4) is 0 Å². The first kappa shape index (κ1) is 38.4. The van der Waals surface area contributed by atoms with Gasteiger partial charge in [0, 0.05) is 21.3 Å². The van der Waals surface area contributed by atoms with Gasteiger partial charge in [0.15, 0.2) is 0 Å². The molecule has 0 saturated carbocycles. The minimum absolute atomic E-state index is 0.0451. The van der Waals surface area contributed by atoms with Crippen LogP contribution in [0.15, 0.2) is 12.8 Å². The number of aliphatic carboxylic acids is 4. The van der Waals surface area contributed by atoms with Crippen molar-refractivity contribution in [2.75, 3.05) is 45.9 Å². The maximum Gasteiger partial charge on any atom is 0.329 e. The van der Waals surface area contributed by atoms with Crippen molar-refractivity contribution in [2.24, 2.45) is 0 Å². The van der Waals surface area contributed by atoms with Crippen LogP contribution in [0.5, 0.6) is 0 Å². The second kappa shape index (κ2) is 34.3. The van der Waals surface area contributed by atoms with E-state index in [4.69, 9.17) is 28.2 Å². The van der Waals surface area contributed by atoms with Crippen LogP contribution in [0.2, 0.25) is 0 Å². The molecule has 3 radical (unpaired) electrons. The fraction of sp³-hybridized carbons (Fsp3) is 0.625. The van der Waals surface area contributed by atoms with Gasteiger partial charge in [-0.15, -0.1) is 0 Å². The first-order valence-corrected chi connectivity index (χ1v) is 9.61. The number of methoxy groups -OCH3 is 1. The zero-order valence-electron chi connectivity index (χ0n) is 18.1. The van der Waals surface area contributed by atoms with Crippen LogP contribution >= 0.6 is 11.8 Å². The molecule has 0 aliphatic heterocycles. The molecule has 0 aromatic heterocycles. The summed E-state index contributed by atoms with van der Waals surface area (Å²) >= 11 is 1.31. The van der Waals surface area contributed by atoms with E-state index >= 15 is 0 Å². The summed E-state index contributed by atoms with van der Waals surface area (Å²) in [5.74, 6) is -3.10. The van der Waals surface area contributed by atoms with E-state index in [-0.39, 0.29) is 25.3 Å². The van der Waals surface area contributed by atoms with Crippen molar-refractivity contribution < 1.29 is 49.1 Å². The van der Waals surface area contributed by atoms with Gasteiger partial charge in [-0.3, -0.25) is 14.4 Å². The molecule has 0 bridgehead atoms. The van der Waals surface area contributed by atoms with E-state index in [0.717, 1.165) is 6.61 Å².